The van der Waals surface area contributed by atoms with Gasteiger partial charge in [0.25, 0.3) is 0 Å². The standard InChI is InChI=1S/C42H80N2/c1-5-9-13-17-21-25-29-33-37-38(34-30-26-22-18-14-10-6-2)42(44)40(36-32-28-24-20-16-12-8-4)39(41(37)43)35-31-27-23-19-15-11-7-3/h5-36,43-44H2,1-4H3. The maximum Gasteiger partial charge on any atom is 0.0386 e. The monoisotopic (exact) mass is 613 g/mol. The molecule has 258 valence electrons. The number of anilines is 2. The molecular weight excluding hydrogens is 532 g/mol. The average Bonchev–Trinajstić information content (AvgIpc) is 3.02. The third-order valence-corrected chi connectivity index (χ3v) is 10.2. The zero-order chi connectivity index (χ0) is 32.1. The highest BCUT2D eigenvalue weighted by Gasteiger charge is 2.20. The Morgan fingerprint density at radius 1 is 0.250 bits per heavy atom. The van der Waals surface area contributed by atoms with Crippen LogP contribution < -0.4 is 11.5 Å². The molecule has 0 saturated carbocycles. The fourth-order valence-electron chi connectivity index (χ4n) is 7.19. The summed E-state index contributed by atoms with van der Waals surface area (Å²) in [6.45, 7) is 9.23. The van der Waals surface area contributed by atoms with E-state index in [0.717, 1.165) is 37.1 Å². The lowest BCUT2D eigenvalue weighted by atomic mass is 9.84. The van der Waals surface area contributed by atoms with Crippen LogP contribution in [0, 0.1) is 0 Å². The maximum absolute atomic E-state index is 7.23. The molecule has 44 heavy (non-hydrogen) atoms. The van der Waals surface area contributed by atoms with Crippen molar-refractivity contribution in [2.45, 2.75) is 233 Å². The summed E-state index contributed by atoms with van der Waals surface area (Å²) in [5.74, 6) is 0. The third-order valence-electron chi connectivity index (χ3n) is 10.2. The Balaban J connectivity index is 3.06. The Kier molecular flexibility index (Phi) is 27.1. The fraction of sp³-hybridized carbons (Fsp3) is 0.857. The minimum Gasteiger partial charge on any atom is -0.398 e. The predicted octanol–water partition coefficient (Wildman–Crippen LogP) is 14.0. The second kappa shape index (κ2) is 29.2. The minimum atomic E-state index is 1.12. The van der Waals surface area contributed by atoms with Crippen molar-refractivity contribution < 1.29 is 0 Å². The molecule has 0 unspecified atom stereocenters. The number of hydrogen-bond donors (Lipinski definition) is 2. The van der Waals surface area contributed by atoms with Crippen LogP contribution in [0.2, 0.25) is 0 Å². The molecule has 0 spiro atoms. The Morgan fingerprint density at radius 2 is 0.409 bits per heavy atom. The molecule has 0 aliphatic rings. The van der Waals surface area contributed by atoms with Crippen LogP contribution in [0.1, 0.15) is 230 Å². The van der Waals surface area contributed by atoms with Gasteiger partial charge in [-0.2, -0.15) is 0 Å². The van der Waals surface area contributed by atoms with E-state index in [1.165, 1.54) is 202 Å². The number of nitrogens with two attached hydrogens (primary N) is 2. The lowest BCUT2D eigenvalue weighted by molar-refractivity contribution is 0.579. The summed E-state index contributed by atoms with van der Waals surface area (Å²) in [6, 6.07) is 0. The minimum absolute atomic E-state index is 1.12. The second-order valence-electron chi connectivity index (χ2n) is 14.2. The van der Waals surface area contributed by atoms with Crippen molar-refractivity contribution >= 4 is 11.4 Å². The van der Waals surface area contributed by atoms with Crippen LogP contribution in [-0.4, -0.2) is 0 Å². The molecular formula is C42H80N2. The van der Waals surface area contributed by atoms with E-state index in [1.54, 1.807) is 0 Å². The molecule has 0 bridgehead atoms. The maximum atomic E-state index is 7.23. The van der Waals surface area contributed by atoms with Crippen LogP contribution in [0.15, 0.2) is 0 Å². The number of nitrogen functional groups attached to an aromatic ring is 2. The van der Waals surface area contributed by atoms with Crippen molar-refractivity contribution in [1.82, 2.24) is 0 Å². The SMILES string of the molecule is CCCCCCCCCc1c(N)c(CCCCCCCCC)c(CCCCCCCCC)c(N)c1CCCCCCCCC. The highest BCUT2D eigenvalue weighted by molar-refractivity contribution is 5.71. The van der Waals surface area contributed by atoms with E-state index in [1.807, 2.05) is 0 Å². The van der Waals surface area contributed by atoms with E-state index < -0.39 is 0 Å². The number of hydrogen-bond acceptors (Lipinski definition) is 2. The summed E-state index contributed by atoms with van der Waals surface area (Å²) >= 11 is 0. The first-order valence-electron chi connectivity index (χ1n) is 20.3. The quantitative estimate of drug-likeness (QED) is 0.0628. The van der Waals surface area contributed by atoms with E-state index in [0.29, 0.717) is 0 Å². The van der Waals surface area contributed by atoms with Gasteiger partial charge in [0.1, 0.15) is 0 Å². The molecule has 0 amide bonds. The Labute approximate surface area is 277 Å². The van der Waals surface area contributed by atoms with Crippen LogP contribution in [0.3, 0.4) is 0 Å². The van der Waals surface area contributed by atoms with Gasteiger partial charge in [-0.3, -0.25) is 0 Å². The number of rotatable bonds is 32. The van der Waals surface area contributed by atoms with Crippen LogP contribution in [0.5, 0.6) is 0 Å². The highest BCUT2D eigenvalue weighted by atomic mass is 14.6. The van der Waals surface area contributed by atoms with Crippen LogP contribution in [0.4, 0.5) is 11.4 Å². The van der Waals surface area contributed by atoms with Gasteiger partial charge in [0, 0.05) is 11.4 Å². The normalized spacial score (nSPS) is 11.5. The van der Waals surface area contributed by atoms with Crippen molar-refractivity contribution in [2.75, 3.05) is 11.5 Å². The molecule has 1 aromatic rings. The number of benzene rings is 1. The van der Waals surface area contributed by atoms with Gasteiger partial charge in [-0.25, -0.2) is 0 Å². The summed E-state index contributed by atoms with van der Waals surface area (Å²) in [7, 11) is 0. The fourth-order valence-corrected chi connectivity index (χ4v) is 7.19. The molecule has 0 heterocycles. The van der Waals surface area contributed by atoms with Gasteiger partial charge in [-0.1, -0.05) is 182 Å². The van der Waals surface area contributed by atoms with E-state index in [4.69, 9.17) is 11.5 Å². The summed E-state index contributed by atoms with van der Waals surface area (Å²) in [5.41, 5.74) is 22.5. The number of unbranched alkanes of at least 4 members (excludes halogenated alkanes) is 24. The molecule has 0 atom stereocenters. The first-order chi connectivity index (χ1) is 21.6. The van der Waals surface area contributed by atoms with Gasteiger partial charge < -0.3 is 11.5 Å². The molecule has 2 nitrogen and oxygen atoms in total. The van der Waals surface area contributed by atoms with Crippen LogP contribution in [-0.2, 0) is 25.7 Å². The second-order valence-corrected chi connectivity index (χ2v) is 14.2. The first kappa shape index (κ1) is 40.8. The lowest BCUT2D eigenvalue weighted by Crippen LogP contribution is -2.14. The summed E-state index contributed by atoms with van der Waals surface area (Å²) in [4.78, 5) is 0. The Morgan fingerprint density at radius 3 is 0.591 bits per heavy atom. The Hall–Kier alpha value is -1.18. The molecule has 1 rings (SSSR count). The molecule has 4 N–H and O–H groups in total. The smallest absolute Gasteiger partial charge is 0.0386 e. The first-order valence-corrected chi connectivity index (χ1v) is 20.3. The third kappa shape index (κ3) is 18.7. The zero-order valence-corrected chi connectivity index (χ0v) is 30.8. The van der Waals surface area contributed by atoms with Gasteiger partial charge in [0.05, 0.1) is 0 Å². The van der Waals surface area contributed by atoms with E-state index in [9.17, 15) is 0 Å². The average molecular weight is 613 g/mol. The largest absolute Gasteiger partial charge is 0.398 e. The highest BCUT2D eigenvalue weighted by Crippen LogP contribution is 2.37. The molecule has 2 heteroatoms. The predicted molar refractivity (Wildman–Crippen MR) is 202 cm³/mol. The van der Waals surface area contributed by atoms with Crippen LogP contribution in [0.25, 0.3) is 0 Å². The summed E-state index contributed by atoms with van der Waals surface area (Å²) < 4.78 is 0. The lowest BCUT2D eigenvalue weighted by Gasteiger charge is -2.24. The van der Waals surface area contributed by atoms with Gasteiger partial charge in [0.15, 0.2) is 0 Å². The molecule has 1 aromatic carbocycles. The van der Waals surface area contributed by atoms with E-state index >= 15 is 0 Å². The summed E-state index contributed by atoms with van der Waals surface area (Å²) in [6.07, 6.45) is 42.2. The van der Waals surface area contributed by atoms with Crippen molar-refractivity contribution in [2.24, 2.45) is 0 Å². The van der Waals surface area contributed by atoms with Gasteiger partial charge >= 0.3 is 0 Å². The van der Waals surface area contributed by atoms with E-state index in [2.05, 4.69) is 27.7 Å². The topological polar surface area (TPSA) is 52.0 Å². The molecule has 0 fully saturated rings. The van der Waals surface area contributed by atoms with Crippen LogP contribution >= 0.6 is 0 Å². The molecule has 0 aliphatic carbocycles. The van der Waals surface area contributed by atoms with Crippen molar-refractivity contribution in [1.29, 1.82) is 0 Å². The van der Waals surface area contributed by atoms with Gasteiger partial charge in [-0.15, -0.1) is 0 Å². The van der Waals surface area contributed by atoms with Crippen molar-refractivity contribution in [3.05, 3.63) is 22.3 Å². The molecule has 0 saturated heterocycles. The van der Waals surface area contributed by atoms with Crippen molar-refractivity contribution in [3.63, 3.8) is 0 Å². The molecule has 0 aliphatic heterocycles. The van der Waals surface area contributed by atoms with Gasteiger partial charge in [0.2, 0.25) is 0 Å². The zero-order valence-electron chi connectivity index (χ0n) is 30.8. The molecule has 0 radical (unpaired) electrons. The Bertz CT molecular complexity index is 656. The van der Waals surface area contributed by atoms with Gasteiger partial charge in [-0.05, 0) is 73.6 Å². The molecule has 0 aromatic heterocycles. The summed E-state index contributed by atoms with van der Waals surface area (Å²) in [5, 5.41) is 0. The van der Waals surface area contributed by atoms with Crippen molar-refractivity contribution in [3.8, 4) is 0 Å². The van der Waals surface area contributed by atoms with E-state index in [-0.39, 0.29) is 0 Å².